The van der Waals surface area contributed by atoms with Gasteiger partial charge in [-0.2, -0.15) is 9.97 Å². The van der Waals surface area contributed by atoms with Gasteiger partial charge in [-0.05, 0) is 57.9 Å². The Balaban J connectivity index is 1.15. The van der Waals surface area contributed by atoms with E-state index in [9.17, 15) is 0 Å². The Morgan fingerprint density at radius 1 is 0.424 bits per heavy atom. The van der Waals surface area contributed by atoms with E-state index in [1.54, 1.807) is 0 Å². The Kier molecular flexibility index (Phi) is 6.82. The van der Waals surface area contributed by atoms with E-state index < -0.39 is 0 Å². The lowest BCUT2D eigenvalue weighted by molar-refractivity contribution is 0.669. The van der Waals surface area contributed by atoms with Crippen molar-refractivity contribution in [3.05, 3.63) is 182 Å². The number of thiophene rings is 1. The van der Waals surface area contributed by atoms with Crippen LogP contribution >= 0.6 is 11.3 Å². The smallest absolute Gasteiger partial charge is 0.238 e. The van der Waals surface area contributed by atoms with Gasteiger partial charge in [0, 0.05) is 64.0 Å². The summed E-state index contributed by atoms with van der Waals surface area (Å²) < 4.78 is 11.2. The SMILES string of the molecule is c1ccc2cc(-c3nc(-c4ccc5c(c4)oc4ccccc45)nc(-n4c5ccc6ccccc6c5c5cccc(-c6cccc7c6sc6ccccc67)c54)n3)ccc2c1. The summed E-state index contributed by atoms with van der Waals surface area (Å²) in [5, 5.41) is 11.6. The Bertz CT molecular complexity index is 3870. The van der Waals surface area contributed by atoms with Gasteiger partial charge >= 0.3 is 0 Å². The lowest BCUT2D eigenvalue weighted by Crippen LogP contribution is -2.07. The summed E-state index contributed by atoms with van der Waals surface area (Å²) in [5.74, 6) is 1.72. The van der Waals surface area contributed by atoms with Crippen molar-refractivity contribution in [2.24, 2.45) is 0 Å². The molecule has 0 spiro atoms. The monoisotopic (exact) mass is 770 g/mol. The minimum absolute atomic E-state index is 0.550. The first-order chi connectivity index (χ1) is 29.2. The van der Waals surface area contributed by atoms with Crippen LogP contribution in [0.2, 0.25) is 0 Å². The van der Waals surface area contributed by atoms with Crippen LogP contribution in [0, 0.1) is 0 Å². The van der Waals surface area contributed by atoms with Gasteiger partial charge in [0.25, 0.3) is 0 Å². The second-order valence-corrected chi connectivity index (χ2v) is 16.2. The Morgan fingerprint density at radius 2 is 1.07 bits per heavy atom. The van der Waals surface area contributed by atoms with Crippen molar-refractivity contribution in [1.82, 2.24) is 19.5 Å². The number of para-hydroxylation sites is 2. The molecule has 13 aromatic rings. The summed E-state index contributed by atoms with van der Waals surface area (Å²) in [6, 6.07) is 64.4. The maximum absolute atomic E-state index is 6.38. The van der Waals surface area contributed by atoms with Crippen molar-refractivity contribution in [1.29, 1.82) is 0 Å². The molecule has 0 aliphatic heterocycles. The second-order valence-electron chi connectivity index (χ2n) is 15.2. The number of furan rings is 1. The molecular formula is C53H30N4OS. The molecule has 9 aromatic carbocycles. The summed E-state index contributed by atoms with van der Waals surface area (Å²) >= 11 is 1.85. The van der Waals surface area contributed by atoms with Gasteiger partial charge in [0.1, 0.15) is 11.2 Å². The fourth-order valence-electron chi connectivity index (χ4n) is 9.14. The third-order valence-electron chi connectivity index (χ3n) is 11.8. The Morgan fingerprint density at radius 3 is 1.95 bits per heavy atom. The van der Waals surface area contributed by atoms with Crippen LogP contribution in [0.5, 0.6) is 0 Å². The minimum atomic E-state index is 0.550. The number of nitrogens with zero attached hydrogens (tertiary/aromatic N) is 4. The van der Waals surface area contributed by atoms with Gasteiger partial charge in [0.05, 0.1) is 11.0 Å². The topological polar surface area (TPSA) is 56.7 Å². The summed E-state index contributed by atoms with van der Waals surface area (Å²) in [5.41, 5.74) is 7.80. The van der Waals surface area contributed by atoms with Crippen molar-refractivity contribution in [2.45, 2.75) is 0 Å². The first kappa shape index (κ1) is 32.4. The van der Waals surface area contributed by atoms with Crippen LogP contribution in [0.4, 0.5) is 0 Å². The highest BCUT2D eigenvalue weighted by molar-refractivity contribution is 7.26. The van der Waals surface area contributed by atoms with E-state index >= 15 is 0 Å². The van der Waals surface area contributed by atoms with Crippen LogP contribution in [-0.2, 0) is 0 Å². The van der Waals surface area contributed by atoms with E-state index in [1.807, 2.05) is 29.5 Å². The molecule has 0 radical (unpaired) electrons. The minimum Gasteiger partial charge on any atom is -0.456 e. The van der Waals surface area contributed by atoms with E-state index in [0.29, 0.717) is 17.6 Å². The van der Waals surface area contributed by atoms with Crippen LogP contribution in [0.15, 0.2) is 186 Å². The maximum atomic E-state index is 6.38. The summed E-state index contributed by atoms with van der Waals surface area (Å²) in [6.45, 7) is 0. The van der Waals surface area contributed by atoms with E-state index in [4.69, 9.17) is 19.4 Å². The normalized spacial score (nSPS) is 12.1. The van der Waals surface area contributed by atoms with Gasteiger partial charge in [0.2, 0.25) is 5.95 Å². The van der Waals surface area contributed by atoms with Gasteiger partial charge in [-0.15, -0.1) is 11.3 Å². The number of fused-ring (bicyclic) bond motifs is 12. The van der Waals surface area contributed by atoms with Gasteiger partial charge in [-0.25, -0.2) is 4.98 Å². The lowest BCUT2D eigenvalue weighted by atomic mass is 9.98. The molecule has 6 heteroatoms. The molecule has 0 unspecified atom stereocenters. The fourth-order valence-corrected chi connectivity index (χ4v) is 10.4. The molecular weight excluding hydrogens is 741 g/mol. The molecule has 4 aromatic heterocycles. The Hall–Kier alpha value is -7.67. The van der Waals surface area contributed by atoms with Crippen molar-refractivity contribution in [3.63, 3.8) is 0 Å². The largest absolute Gasteiger partial charge is 0.456 e. The zero-order valence-electron chi connectivity index (χ0n) is 31.4. The quantitative estimate of drug-likeness (QED) is 0.179. The van der Waals surface area contributed by atoms with Gasteiger partial charge in [0.15, 0.2) is 11.6 Å². The molecule has 274 valence electrons. The predicted molar refractivity (Wildman–Crippen MR) is 246 cm³/mol. The average molecular weight is 771 g/mol. The third-order valence-corrected chi connectivity index (χ3v) is 13.1. The number of aromatic nitrogens is 4. The van der Waals surface area contributed by atoms with Crippen LogP contribution in [0.25, 0.3) is 125 Å². The van der Waals surface area contributed by atoms with Crippen LogP contribution in [0.3, 0.4) is 0 Å². The second kappa shape index (κ2) is 12.4. The molecule has 0 amide bonds. The summed E-state index contributed by atoms with van der Waals surface area (Å²) in [6.07, 6.45) is 0. The van der Waals surface area contributed by atoms with Crippen LogP contribution in [-0.4, -0.2) is 19.5 Å². The molecule has 0 saturated heterocycles. The number of hydrogen-bond donors (Lipinski definition) is 0. The molecule has 4 heterocycles. The molecule has 0 N–H and O–H groups in total. The van der Waals surface area contributed by atoms with Gasteiger partial charge in [-0.1, -0.05) is 146 Å². The fraction of sp³-hybridized carbons (Fsp3) is 0. The third kappa shape index (κ3) is 4.87. The zero-order valence-corrected chi connectivity index (χ0v) is 32.2. The molecule has 0 bridgehead atoms. The molecule has 13 rings (SSSR count). The zero-order chi connectivity index (χ0) is 38.6. The van der Waals surface area contributed by atoms with E-state index in [1.165, 1.54) is 41.9 Å². The highest BCUT2D eigenvalue weighted by atomic mass is 32.1. The van der Waals surface area contributed by atoms with Crippen molar-refractivity contribution in [2.75, 3.05) is 0 Å². The number of hydrogen-bond acceptors (Lipinski definition) is 5. The first-order valence-corrected chi connectivity index (χ1v) is 20.6. The molecule has 59 heavy (non-hydrogen) atoms. The first-order valence-electron chi connectivity index (χ1n) is 19.8. The van der Waals surface area contributed by atoms with E-state index in [-0.39, 0.29) is 0 Å². The number of benzene rings is 9. The predicted octanol–water partition coefficient (Wildman–Crippen LogP) is 14.5. The highest BCUT2D eigenvalue weighted by Gasteiger charge is 2.23. The summed E-state index contributed by atoms with van der Waals surface area (Å²) in [4.78, 5) is 16.0. The van der Waals surface area contributed by atoms with Crippen molar-refractivity contribution >= 4 is 96.8 Å². The van der Waals surface area contributed by atoms with Crippen LogP contribution < -0.4 is 0 Å². The van der Waals surface area contributed by atoms with Gasteiger partial charge < -0.3 is 4.42 Å². The lowest BCUT2D eigenvalue weighted by Gasteiger charge is -2.13. The maximum Gasteiger partial charge on any atom is 0.238 e. The standard InChI is InChI=1S/C53H30N4OS/c1-2-13-33-29-34(24-23-31(33)11-1)51-54-52(35-25-27-38-37-15-5-7-21-45(37)58-46(38)30-35)56-53(55-51)57-44-28-26-32-12-3-4-14-36(32)48(44)43-20-9-17-40(49(43)57)42-19-10-18-41-39-16-6-8-22-47(39)59-50(41)42/h1-30H. The molecule has 0 fully saturated rings. The van der Waals surface area contributed by atoms with Crippen LogP contribution in [0.1, 0.15) is 0 Å². The van der Waals surface area contributed by atoms with Crippen molar-refractivity contribution in [3.8, 4) is 39.9 Å². The molecule has 0 aliphatic rings. The van der Waals surface area contributed by atoms with E-state index in [0.717, 1.165) is 65.8 Å². The number of rotatable bonds is 4. The molecule has 0 saturated carbocycles. The average Bonchev–Trinajstić information content (AvgIpc) is 3.98. The van der Waals surface area contributed by atoms with Gasteiger partial charge in [-0.3, -0.25) is 4.57 Å². The molecule has 0 atom stereocenters. The van der Waals surface area contributed by atoms with Crippen molar-refractivity contribution < 1.29 is 4.42 Å². The summed E-state index contributed by atoms with van der Waals surface area (Å²) in [7, 11) is 0. The highest BCUT2D eigenvalue weighted by Crippen LogP contribution is 2.45. The molecule has 5 nitrogen and oxygen atoms in total. The Labute approximate surface area is 341 Å². The van der Waals surface area contributed by atoms with E-state index in [2.05, 4.69) is 168 Å². The molecule has 0 aliphatic carbocycles.